The van der Waals surface area contributed by atoms with E-state index in [0.29, 0.717) is 0 Å². The van der Waals surface area contributed by atoms with Crippen molar-refractivity contribution in [3.63, 3.8) is 0 Å². The Bertz CT molecular complexity index is 12.4. The molecule has 0 aromatic heterocycles. The Balaban J connectivity index is 0. The van der Waals surface area contributed by atoms with Gasteiger partial charge in [-0.1, -0.05) is 0 Å². The van der Waals surface area contributed by atoms with Crippen molar-refractivity contribution in [1.29, 1.82) is 0 Å². The quantitative estimate of drug-likeness (QED) is 0.501. The van der Waals surface area contributed by atoms with Gasteiger partial charge in [-0.25, -0.2) is 0 Å². The molecule has 0 aliphatic carbocycles. The van der Waals surface area contributed by atoms with Crippen molar-refractivity contribution in [1.82, 2.24) is 0 Å². The second kappa shape index (κ2) is 115. The fourth-order valence-electron chi connectivity index (χ4n) is 0. The molecule has 0 heterocycles. The Morgan fingerprint density at radius 3 is 0.500 bits per heavy atom. The van der Waals surface area contributed by atoms with Crippen LogP contribution in [-0.4, -0.2) is 17.4 Å². The van der Waals surface area contributed by atoms with Gasteiger partial charge >= 0.3 is 79.2 Å². The van der Waals surface area contributed by atoms with E-state index in [1.165, 1.54) is 0 Å². The third-order valence-corrected chi connectivity index (χ3v) is 0. The second-order valence-corrected chi connectivity index (χ2v) is 0. The van der Waals surface area contributed by atoms with Gasteiger partial charge < -0.3 is 27.4 Å². The SMILES string of the molecule is [Al+3].[La+3].[O-2].[O-2].[O-2].[O-2].[O-2].[Zr+4]. The summed E-state index contributed by atoms with van der Waals surface area (Å²) in [7, 11) is 0. The molecule has 0 aromatic rings. The molecule has 0 spiro atoms. The van der Waals surface area contributed by atoms with Gasteiger partial charge in [-0.3, -0.25) is 0 Å². The Kier molecular flexibility index (Phi) is 2270. The van der Waals surface area contributed by atoms with E-state index in [0.717, 1.165) is 0 Å². The molecule has 0 unspecified atom stereocenters. The molecule has 5 nitrogen and oxygen atoms in total. The van der Waals surface area contributed by atoms with Gasteiger partial charge in [-0.15, -0.1) is 0 Å². The molecule has 0 atom stereocenters. The van der Waals surface area contributed by atoms with Crippen molar-refractivity contribution in [3.8, 4) is 0 Å². The van der Waals surface area contributed by atoms with E-state index in [4.69, 9.17) is 0 Å². The van der Waals surface area contributed by atoms with E-state index in [9.17, 15) is 0 Å². The molecule has 0 amide bonds. The maximum Gasteiger partial charge on any atom is 4.00 e. The van der Waals surface area contributed by atoms with Crippen LogP contribution in [0.1, 0.15) is 0 Å². The van der Waals surface area contributed by atoms with E-state index >= 15 is 0 Å². The van der Waals surface area contributed by atoms with Gasteiger partial charge in [-0.05, 0) is 0 Å². The molecule has 0 saturated carbocycles. The van der Waals surface area contributed by atoms with E-state index in [1.807, 2.05) is 0 Å². The molecule has 0 aliphatic rings. The van der Waals surface area contributed by atoms with Gasteiger partial charge in [0.25, 0.3) is 0 Å². The zero-order valence-corrected chi connectivity index (χ0v) is 10.9. The Labute approximate surface area is 105 Å². The standard InChI is InChI=1S/Al.La.5O.Zr/q2*+3;5*-2;+4. The fourth-order valence-corrected chi connectivity index (χ4v) is 0. The fraction of sp³-hybridized carbons (Fsp3) is 0. The van der Waals surface area contributed by atoms with Crippen molar-refractivity contribution in [2.24, 2.45) is 0 Å². The third kappa shape index (κ3) is 79.5. The molecular weight excluding hydrogens is 337 g/mol. The number of rotatable bonds is 0. The van der Waals surface area contributed by atoms with Crippen LogP contribution in [0.15, 0.2) is 0 Å². The van der Waals surface area contributed by atoms with Crippen LogP contribution in [0.4, 0.5) is 0 Å². The molecule has 0 aromatic carbocycles. The van der Waals surface area contributed by atoms with Crippen molar-refractivity contribution in [2.75, 3.05) is 0 Å². The average molecular weight is 337 g/mol. The van der Waals surface area contributed by atoms with Gasteiger partial charge in [0.1, 0.15) is 0 Å². The third-order valence-electron chi connectivity index (χ3n) is 0. The van der Waals surface area contributed by atoms with Crippen LogP contribution in [0.25, 0.3) is 0 Å². The Morgan fingerprint density at radius 2 is 0.500 bits per heavy atom. The van der Waals surface area contributed by atoms with Crippen molar-refractivity contribution in [2.45, 2.75) is 0 Å². The summed E-state index contributed by atoms with van der Waals surface area (Å²) in [6.07, 6.45) is 0. The average Bonchev–Trinajstić information content (AvgIpc) is 0. The molecule has 0 N–H and O–H groups in total. The second-order valence-electron chi connectivity index (χ2n) is 0. The van der Waals surface area contributed by atoms with Crippen LogP contribution in [0.5, 0.6) is 0 Å². The molecule has 0 saturated heterocycles. The van der Waals surface area contributed by atoms with Gasteiger partial charge in [0, 0.05) is 0 Å². The minimum Gasteiger partial charge on any atom is -2.00 e. The first kappa shape index (κ1) is 159. The minimum absolute atomic E-state index is 0. The zero-order valence-electron chi connectivity index (χ0n) is 3.70. The van der Waals surface area contributed by atoms with Gasteiger partial charge in [0.05, 0.1) is 0 Å². The summed E-state index contributed by atoms with van der Waals surface area (Å²) >= 11 is 0. The maximum absolute atomic E-state index is 0. The molecule has 40 valence electrons. The van der Waals surface area contributed by atoms with E-state index in [1.54, 1.807) is 0 Å². The summed E-state index contributed by atoms with van der Waals surface area (Å²) in [4.78, 5) is 0. The van der Waals surface area contributed by atoms with Crippen LogP contribution in [0, 0.1) is 35.6 Å². The first-order valence-electron chi connectivity index (χ1n) is 0. The first-order valence-corrected chi connectivity index (χ1v) is 0. The van der Waals surface area contributed by atoms with Crippen molar-refractivity contribution >= 4 is 17.4 Å². The van der Waals surface area contributed by atoms with Gasteiger partial charge in [0.15, 0.2) is 0 Å². The summed E-state index contributed by atoms with van der Waals surface area (Å²) < 4.78 is 0. The first-order chi connectivity index (χ1) is 0. The topological polar surface area (TPSA) is 142 Å². The van der Waals surface area contributed by atoms with E-state index in [2.05, 4.69) is 0 Å². The Hall–Kier alpha value is 2.41. The summed E-state index contributed by atoms with van der Waals surface area (Å²) in [5.74, 6) is 0. The van der Waals surface area contributed by atoms with E-state index < -0.39 is 0 Å². The van der Waals surface area contributed by atoms with Crippen LogP contribution in [-0.2, 0) is 53.6 Å². The monoisotopic (exact) mass is 336 g/mol. The summed E-state index contributed by atoms with van der Waals surface area (Å²) in [6.45, 7) is 0. The maximum atomic E-state index is 0. The summed E-state index contributed by atoms with van der Waals surface area (Å²) in [6, 6.07) is 0. The van der Waals surface area contributed by atoms with E-state index in [-0.39, 0.29) is 107 Å². The molecule has 8 heteroatoms. The largest absolute Gasteiger partial charge is 4.00 e. The molecular formula is AlLaO5Zr. The Morgan fingerprint density at radius 1 is 0.500 bits per heavy atom. The summed E-state index contributed by atoms with van der Waals surface area (Å²) in [5, 5.41) is 0. The predicted molar refractivity (Wildman–Crippen MR) is 9.19 cm³/mol. The van der Waals surface area contributed by atoms with Crippen LogP contribution < -0.4 is 0 Å². The molecule has 0 radical (unpaired) electrons. The molecule has 0 bridgehead atoms. The van der Waals surface area contributed by atoms with Crippen LogP contribution in [0.2, 0.25) is 0 Å². The van der Waals surface area contributed by atoms with Crippen molar-refractivity contribution in [3.05, 3.63) is 0 Å². The minimum atomic E-state index is 0. The number of hydrogen-bond acceptors (Lipinski definition) is 0. The smallest absolute Gasteiger partial charge is 2.00 e. The van der Waals surface area contributed by atoms with Gasteiger partial charge in [0.2, 0.25) is 0 Å². The molecule has 0 rings (SSSR count). The molecule has 0 aliphatic heterocycles. The summed E-state index contributed by atoms with van der Waals surface area (Å²) in [5.41, 5.74) is 0. The van der Waals surface area contributed by atoms with Crippen LogP contribution >= 0.6 is 0 Å². The molecule has 8 heavy (non-hydrogen) atoms. The van der Waals surface area contributed by atoms with Crippen LogP contribution in [0.3, 0.4) is 0 Å². The van der Waals surface area contributed by atoms with Gasteiger partial charge in [-0.2, -0.15) is 0 Å². The molecule has 0 fully saturated rings. The predicted octanol–water partition coefficient (Wildman–Crippen LogP) is -0.977. The normalized spacial score (nSPS) is 0. The van der Waals surface area contributed by atoms with Crippen molar-refractivity contribution < 1.29 is 89.2 Å². The number of hydrogen-bond donors (Lipinski definition) is 0. The zero-order chi connectivity index (χ0) is 0.